The molecule has 0 aliphatic rings. The maximum absolute atomic E-state index is 6.39. The molecule has 1 unspecified atom stereocenters. The molecule has 6 heteroatoms. The Morgan fingerprint density at radius 2 is 2.05 bits per heavy atom. The molecule has 3 aromatic rings. The average Bonchev–Trinajstić information content (AvgIpc) is 3.06. The predicted molar refractivity (Wildman–Crippen MR) is 85.3 cm³/mol. The van der Waals surface area contributed by atoms with Crippen molar-refractivity contribution in [3.05, 3.63) is 40.5 Å². The third kappa shape index (κ3) is 2.56. The second kappa shape index (κ2) is 5.54. The lowest BCUT2D eigenvalue weighted by Gasteiger charge is -2.11. The van der Waals surface area contributed by atoms with Crippen molar-refractivity contribution in [2.24, 2.45) is 12.8 Å². The molecule has 1 aromatic carbocycles. The van der Waals surface area contributed by atoms with Crippen LogP contribution in [-0.4, -0.2) is 19.4 Å². The molecule has 2 heterocycles. The van der Waals surface area contributed by atoms with Gasteiger partial charge in [-0.3, -0.25) is 4.68 Å². The first-order valence-corrected chi connectivity index (χ1v) is 7.83. The minimum atomic E-state index is -0.110. The normalized spacial score (nSPS) is 13.2. The summed E-state index contributed by atoms with van der Waals surface area (Å²) in [5, 5.41) is 9.99. The molecule has 5 nitrogen and oxygen atoms in total. The number of hydrogen-bond acceptors (Lipinski definition) is 5. The molecular weight excluding hydrogens is 282 g/mol. The predicted octanol–water partition coefficient (Wildman–Crippen LogP) is 2.79. The standard InChI is InChI=1S/C15H19N5S/c1-9(2)14-15(21-19-17-14)11(16)8-12-10-6-4-5-7-13(10)20(3)18-12/h4-7,9,11H,8,16H2,1-3H3. The molecule has 110 valence electrons. The number of nitrogens with two attached hydrogens (primary N) is 1. The first-order valence-electron chi connectivity index (χ1n) is 7.06. The summed E-state index contributed by atoms with van der Waals surface area (Å²) >= 11 is 1.40. The number of fused-ring (bicyclic) bond motifs is 1. The summed E-state index contributed by atoms with van der Waals surface area (Å²) in [6.07, 6.45) is 0.699. The van der Waals surface area contributed by atoms with Gasteiger partial charge in [-0.1, -0.05) is 36.5 Å². The third-order valence-electron chi connectivity index (χ3n) is 3.67. The summed E-state index contributed by atoms with van der Waals surface area (Å²) in [5.74, 6) is 0.338. The molecule has 1 atom stereocenters. The minimum Gasteiger partial charge on any atom is -0.323 e. The minimum absolute atomic E-state index is 0.110. The Bertz CT molecular complexity index is 758. The van der Waals surface area contributed by atoms with Gasteiger partial charge in [0.1, 0.15) is 0 Å². The fourth-order valence-electron chi connectivity index (χ4n) is 2.60. The number of aromatic nitrogens is 4. The molecule has 0 bridgehead atoms. The molecule has 3 rings (SSSR count). The fraction of sp³-hybridized carbons (Fsp3) is 0.400. The van der Waals surface area contributed by atoms with Gasteiger partial charge in [0.25, 0.3) is 0 Å². The van der Waals surface area contributed by atoms with Crippen molar-refractivity contribution in [2.75, 3.05) is 0 Å². The number of rotatable bonds is 4. The van der Waals surface area contributed by atoms with Crippen LogP contribution in [0.2, 0.25) is 0 Å². The van der Waals surface area contributed by atoms with Crippen LogP contribution in [-0.2, 0) is 13.5 Å². The highest BCUT2D eigenvalue weighted by Gasteiger charge is 2.20. The van der Waals surface area contributed by atoms with E-state index in [1.54, 1.807) is 0 Å². The van der Waals surface area contributed by atoms with Gasteiger partial charge in [0.05, 0.1) is 21.8 Å². The average molecular weight is 301 g/mol. The maximum Gasteiger partial charge on any atom is 0.0829 e. The first-order chi connectivity index (χ1) is 10.1. The lowest BCUT2D eigenvalue weighted by Crippen LogP contribution is -2.15. The van der Waals surface area contributed by atoms with Crippen LogP contribution in [0.1, 0.15) is 42.1 Å². The van der Waals surface area contributed by atoms with Gasteiger partial charge in [0.2, 0.25) is 0 Å². The lowest BCUT2D eigenvalue weighted by molar-refractivity contribution is 0.672. The van der Waals surface area contributed by atoms with E-state index in [0.29, 0.717) is 12.3 Å². The fourth-order valence-corrected chi connectivity index (χ4v) is 3.41. The monoisotopic (exact) mass is 301 g/mol. The smallest absolute Gasteiger partial charge is 0.0829 e. The number of aryl methyl sites for hydroxylation is 1. The van der Waals surface area contributed by atoms with E-state index in [4.69, 9.17) is 5.73 Å². The summed E-state index contributed by atoms with van der Waals surface area (Å²) in [6.45, 7) is 4.23. The summed E-state index contributed by atoms with van der Waals surface area (Å²) in [6, 6.07) is 8.12. The first kappa shape index (κ1) is 14.2. The number of para-hydroxylation sites is 1. The van der Waals surface area contributed by atoms with E-state index in [-0.39, 0.29) is 6.04 Å². The van der Waals surface area contributed by atoms with Crippen molar-refractivity contribution in [2.45, 2.75) is 32.2 Å². The quantitative estimate of drug-likeness (QED) is 0.804. The Kier molecular flexibility index (Phi) is 3.73. The molecule has 0 aliphatic heterocycles. The topological polar surface area (TPSA) is 69.6 Å². The summed E-state index contributed by atoms with van der Waals surface area (Å²) in [7, 11) is 1.96. The lowest BCUT2D eigenvalue weighted by atomic mass is 10.0. The Morgan fingerprint density at radius 3 is 2.81 bits per heavy atom. The highest BCUT2D eigenvalue weighted by molar-refractivity contribution is 7.05. The Hall–Kier alpha value is -1.79. The van der Waals surface area contributed by atoms with Crippen molar-refractivity contribution < 1.29 is 0 Å². The molecule has 2 N–H and O–H groups in total. The van der Waals surface area contributed by atoms with Crippen LogP contribution in [0.15, 0.2) is 24.3 Å². The van der Waals surface area contributed by atoms with E-state index in [2.05, 4.69) is 40.7 Å². The van der Waals surface area contributed by atoms with E-state index < -0.39 is 0 Å². The maximum atomic E-state index is 6.39. The number of hydrogen-bond donors (Lipinski definition) is 1. The second-order valence-corrected chi connectivity index (χ2v) is 6.36. The van der Waals surface area contributed by atoms with Crippen LogP contribution in [0.25, 0.3) is 10.9 Å². The molecular formula is C15H19N5S. The van der Waals surface area contributed by atoms with Crippen LogP contribution in [0.3, 0.4) is 0 Å². The van der Waals surface area contributed by atoms with E-state index in [0.717, 1.165) is 21.8 Å². The zero-order chi connectivity index (χ0) is 15.0. The van der Waals surface area contributed by atoms with Crippen molar-refractivity contribution in [3.63, 3.8) is 0 Å². The molecule has 0 spiro atoms. The van der Waals surface area contributed by atoms with Crippen LogP contribution in [0, 0.1) is 0 Å². The van der Waals surface area contributed by atoms with E-state index in [1.165, 1.54) is 16.9 Å². The Labute approximate surface area is 127 Å². The third-order valence-corrected chi connectivity index (χ3v) is 4.54. The van der Waals surface area contributed by atoms with Crippen LogP contribution in [0.5, 0.6) is 0 Å². The van der Waals surface area contributed by atoms with Crippen molar-refractivity contribution >= 4 is 22.4 Å². The molecule has 0 aliphatic carbocycles. The van der Waals surface area contributed by atoms with Gasteiger partial charge in [-0.05, 0) is 23.5 Å². The van der Waals surface area contributed by atoms with Crippen molar-refractivity contribution in [1.29, 1.82) is 0 Å². The van der Waals surface area contributed by atoms with Crippen LogP contribution < -0.4 is 5.73 Å². The molecule has 2 aromatic heterocycles. The van der Waals surface area contributed by atoms with Gasteiger partial charge < -0.3 is 5.73 Å². The SMILES string of the molecule is CC(C)c1nnsc1C(N)Cc1nn(C)c2ccccc12. The van der Waals surface area contributed by atoms with Crippen LogP contribution in [0.4, 0.5) is 0 Å². The molecule has 0 saturated carbocycles. The molecule has 0 radical (unpaired) electrons. The van der Waals surface area contributed by atoms with Gasteiger partial charge in [0.15, 0.2) is 0 Å². The van der Waals surface area contributed by atoms with E-state index in [9.17, 15) is 0 Å². The molecule has 21 heavy (non-hydrogen) atoms. The summed E-state index contributed by atoms with van der Waals surface area (Å²) in [5.41, 5.74) is 9.56. The van der Waals surface area contributed by atoms with Gasteiger partial charge in [-0.2, -0.15) is 5.10 Å². The van der Waals surface area contributed by atoms with Crippen molar-refractivity contribution in [1.82, 2.24) is 19.4 Å². The van der Waals surface area contributed by atoms with Crippen molar-refractivity contribution in [3.8, 4) is 0 Å². The molecule has 0 saturated heterocycles. The van der Waals surface area contributed by atoms with Gasteiger partial charge in [-0.15, -0.1) is 5.10 Å². The van der Waals surface area contributed by atoms with E-state index in [1.807, 2.05) is 23.9 Å². The summed E-state index contributed by atoms with van der Waals surface area (Å²) in [4.78, 5) is 1.07. The highest BCUT2D eigenvalue weighted by atomic mass is 32.1. The highest BCUT2D eigenvalue weighted by Crippen LogP contribution is 2.28. The largest absolute Gasteiger partial charge is 0.323 e. The van der Waals surface area contributed by atoms with Gasteiger partial charge in [-0.25, -0.2) is 0 Å². The van der Waals surface area contributed by atoms with E-state index >= 15 is 0 Å². The Balaban J connectivity index is 1.93. The zero-order valence-electron chi connectivity index (χ0n) is 12.4. The van der Waals surface area contributed by atoms with Gasteiger partial charge >= 0.3 is 0 Å². The number of benzene rings is 1. The second-order valence-electron chi connectivity index (χ2n) is 5.58. The molecule has 0 fully saturated rings. The number of nitrogens with zero attached hydrogens (tertiary/aromatic N) is 4. The van der Waals surface area contributed by atoms with Crippen LogP contribution >= 0.6 is 11.5 Å². The van der Waals surface area contributed by atoms with Gasteiger partial charge in [0, 0.05) is 24.9 Å². The zero-order valence-corrected chi connectivity index (χ0v) is 13.3. The molecule has 0 amide bonds. The Morgan fingerprint density at radius 1 is 1.29 bits per heavy atom. The summed E-state index contributed by atoms with van der Waals surface area (Å²) < 4.78 is 5.97.